The zero-order valence-corrected chi connectivity index (χ0v) is 13.3. The van der Waals surface area contributed by atoms with E-state index in [4.69, 9.17) is 23.2 Å². The molecule has 0 aliphatic rings. The van der Waals surface area contributed by atoms with Crippen LogP contribution in [0.2, 0.25) is 10.0 Å². The van der Waals surface area contributed by atoms with Gasteiger partial charge in [-0.2, -0.15) is 13.2 Å². The van der Waals surface area contributed by atoms with E-state index in [2.05, 4.69) is 5.32 Å². The number of nitro benzene ring substituents is 2. The number of halogens is 5. The molecule has 0 heterocycles. The highest BCUT2D eigenvalue weighted by Gasteiger charge is 2.37. The Kier molecular flexibility index (Phi) is 5.04. The van der Waals surface area contributed by atoms with Gasteiger partial charge in [0.05, 0.1) is 25.5 Å². The molecule has 0 amide bonds. The van der Waals surface area contributed by atoms with E-state index in [1.807, 2.05) is 0 Å². The van der Waals surface area contributed by atoms with E-state index in [9.17, 15) is 33.4 Å². The van der Waals surface area contributed by atoms with Crippen molar-refractivity contribution in [1.82, 2.24) is 0 Å². The third-order valence-electron chi connectivity index (χ3n) is 3.01. The van der Waals surface area contributed by atoms with Crippen LogP contribution < -0.4 is 5.32 Å². The largest absolute Gasteiger partial charge is 0.416 e. The van der Waals surface area contributed by atoms with Crippen LogP contribution in [0.5, 0.6) is 0 Å². The Balaban J connectivity index is 2.67. The summed E-state index contributed by atoms with van der Waals surface area (Å²) in [7, 11) is 0. The Labute approximate surface area is 147 Å². The van der Waals surface area contributed by atoms with E-state index in [-0.39, 0.29) is 27.9 Å². The molecule has 0 saturated heterocycles. The van der Waals surface area contributed by atoms with Crippen molar-refractivity contribution in [2.24, 2.45) is 0 Å². The smallest absolute Gasteiger partial charge is 0.344 e. The van der Waals surface area contributed by atoms with Crippen molar-refractivity contribution >= 4 is 46.0 Å². The number of nitro groups is 2. The first-order valence-corrected chi connectivity index (χ1v) is 7.02. The normalized spacial score (nSPS) is 11.2. The minimum absolute atomic E-state index is 0.0453. The van der Waals surface area contributed by atoms with Gasteiger partial charge in [0.1, 0.15) is 0 Å². The maximum atomic E-state index is 12.8. The molecular weight excluding hydrogens is 390 g/mol. The highest BCUT2D eigenvalue weighted by Crippen LogP contribution is 2.42. The average molecular weight is 396 g/mol. The first-order valence-electron chi connectivity index (χ1n) is 6.27. The summed E-state index contributed by atoms with van der Waals surface area (Å²) >= 11 is 11.5. The van der Waals surface area contributed by atoms with Crippen molar-refractivity contribution in [2.75, 3.05) is 5.32 Å². The summed E-state index contributed by atoms with van der Waals surface area (Å²) in [4.78, 5) is 19.9. The molecule has 7 nitrogen and oxygen atoms in total. The summed E-state index contributed by atoms with van der Waals surface area (Å²) < 4.78 is 38.5. The van der Waals surface area contributed by atoms with E-state index in [0.29, 0.717) is 0 Å². The van der Waals surface area contributed by atoms with Gasteiger partial charge in [0.25, 0.3) is 11.4 Å². The summed E-state index contributed by atoms with van der Waals surface area (Å²) in [5, 5.41) is 24.8. The van der Waals surface area contributed by atoms with Crippen LogP contribution in [0.15, 0.2) is 30.3 Å². The molecule has 0 saturated carbocycles. The summed E-state index contributed by atoms with van der Waals surface area (Å²) in [5.41, 5.74) is -4.35. The highest BCUT2D eigenvalue weighted by molar-refractivity contribution is 6.42. The van der Waals surface area contributed by atoms with Crippen LogP contribution in [0.25, 0.3) is 0 Å². The lowest BCUT2D eigenvalue weighted by Crippen LogP contribution is -2.09. The van der Waals surface area contributed by atoms with E-state index < -0.39 is 38.6 Å². The number of nitrogens with zero attached hydrogens (tertiary/aromatic N) is 2. The SMILES string of the molecule is O=[N+]([O-])c1cc(C(F)(F)F)cc([N+](=O)[O-])c1Nc1ccc(Cl)c(Cl)c1. The Hall–Kier alpha value is -2.59. The molecule has 0 aromatic heterocycles. The fraction of sp³-hybridized carbons (Fsp3) is 0.0769. The number of hydrogen-bond acceptors (Lipinski definition) is 5. The lowest BCUT2D eigenvalue weighted by Gasteiger charge is -2.12. The van der Waals surface area contributed by atoms with Crippen molar-refractivity contribution in [3.63, 3.8) is 0 Å². The molecule has 2 aromatic carbocycles. The van der Waals surface area contributed by atoms with Crippen LogP contribution in [-0.2, 0) is 6.18 Å². The highest BCUT2D eigenvalue weighted by atomic mass is 35.5. The zero-order valence-electron chi connectivity index (χ0n) is 11.8. The topological polar surface area (TPSA) is 98.3 Å². The molecule has 0 aliphatic heterocycles. The minimum Gasteiger partial charge on any atom is -0.344 e. The molecule has 132 valence electrons. The number of rotatable bonds is 4. The van der Waals surface area contributed by atoms with Crippen LogP contribution in [0, 0.1) is 20.2 Å². The Bertz CT molecular complexity index is 839. The molecule has 2 rings (SSSR count). The van der Waals surface area contributed by atoms with Gasteiger partial charge in [-0.1, -0.05) is 23.2 Å². The van der Waals surface area contributed by atoms with Crippen molar-refractivity contribution in [2.45, 2.75) is 6.18 Å². The predicted molar refractivity (Wildman–Crippen MR) is 84.5 cm³/mol. The van der Waals surface area contributed by atoms with Gasteiger partial charge in [-0.25, -0.2) is 0 Å². The molecule has 1 N–H and O–H groups in total. The van der Waals surface area contributed by atoms with Gasteiger partial charge in [0, 0.05) is 17.8 Å². The minimum atomic E-state index is -4.99. The molecule has 0 bridgehead atoms. The third kappa shape index (κ3) is 4.09. The number of nitrogens with one attached hydrogen (secondary N) is 1. The summed E-state index contributed by atoms with van der Waals surface area (Å²) in [6.45, 7) is 0. The van der Waals surface area contributed by atoms with Crippen molar-refractivity contribution in [1.29, 1.82) is 0 Å². The van der Waals surface area contributed by atoms with Crippen molar-refractivity contribution in [3.05, 3.63) is 66.2 Å². The summed E-state index contributed by atoms with van der Waals surface area (Å²) in [6.07, 6.45) is -4.99. The van der Waals surface area contributed by atoms with Gasteiger partial charge in [0.2, 0.25) is 0 Å². The second-order valence-electron chi connectivity index (χ2n) is 4.66. The third-order valence-corrected chi connectivity index (χ3v) is 3.75. The quantitative estimate of drug-likeness (QED) is 0.538. The molecule has 0 atom stereocenters. The molecule has 12 heteroatoms. The lowest BCUT2D eigenvalue weighted by atomic mass is 10.1. The molecule has 0 spiro atoms. The van der Waals surface area contributed by atoms with Gasteiger partial charge < -0.3 is 5.32 Å². The van der Waals surface area contributed by atoms with Gasteiger partial charge in [-0.15, -0.1) is 0 Å². The predicted octanol–water partition coefficient (Wildman–Crippen LogP) is 5.57. The molecule has 0 fully saturated rings. The maximum Gasteiger partial charge on any atom is 0.416 e. The number of benzene rings is 2. The molecule has 2 aromatic rings. The van der Waals surface area contributed by atoms with E-state index in [0.717, 1.165) is 0 Å². The molecule has 0 radical (unpaired) electrons. The Morgan fingerprint density at radius 1 is 0.920 bits per heavy atom. The van der Waals surface area contributed by atoms with E-state index >= 15 is 0 Å². The van der Waals surface area contributed by atoms with Crippen LogP contribution in [-0.4, -0.2) is 9.85 Å². The standard InChI is InChI=1S/C13H6Cl2F3N3O4/c14-8-2-1-7(5-9(8)15)19-12-10(20(22)23)3-6(13(16,17)18)4-11(12)21(24)25/h1-5,19H. The summed E-state index contributed by atoms with van der Waals surface area (Å²) in [5.74, 6) is 0. The second kappa shape index (κ2) is 6.73. The number of anilines is 2. The molecule has 0 unspecified atom stereocenters. The molecular formula is C13H6Cl2F3N3O4. The van der Waals surface area contributed by atoms with Crippen LogP contribution in [0.4, 0.5) is 35.9 Å². The molecule has 0 aliphatic carbocycles. The lowest BCUT2D eigenvalue weighted by molar-refractivity contribution is -0.392. The first-order chi connectivity index (χ1) is 11.5. The Morgan fingerprint density at radius 2 is 1.44 bits per heavy atom. The van der Waals surface area contributed by atoms with Crippen LogP contribution >= 0.6 is 23.2 Å². The van der Waals surface area contributed by atoms with Gasteiger partial charge in [-0.05, 0) is 18.2 Å². The monoisotopic (exact) mass is 395 g/mol. The molecule has 25 heavy (non-hydrogen) atoms. The average Bonchev–Trinajstić information content (AvgIpc) is 2.49. The van der Waals surface area contributed by atoms with Gasteiger partial charge in [-0.3, -0.25) is 20.2 Å². The second-order valence-corrected chi connectivity index (χ2v) is 5.47. The number of hydrogen-bond donors (Lipinski definition) is 1. The van der Waals surface area contributed by atoms with E-state index in [1.165, 1.54) is 18.2 Å². The zero-order chi connectivity index (χ0) is 18.9. The van der Waals surface area contributed by atoms with Crippen LogP contribution in [0.3, 0.4) is 0 Å². The van der Waals surface area contributed by atoms with Crippen molar-refractivity contribution in [3.8, 4) is 0 Å². The van der Waals surface area contributed by atoms with E-state index in [1.54, 1.807) is 0 Å². The van der Waals surface area contributed by atoms with Gasteiger partial charge in [0.15, 0.2) is 5.69 Å². The van der Waals surface area contributed by atoms with Gasteiger partial charge >= 0.3 is 6.18 Å². The first kappa shape index (κ1) is 18.7. The number of alkyl halides is 3. The fourth-order valence-electron chi connectivity index (χ4n) is 1.91. The Morgan fingerprint density at radius 3 is 1.84 bits per heavy atom. The maximum absolute atomic E-state index is 12.8. The van der Waals surface area contributed by atoms with Crippen molar-refractivity contribution < 1.29 is 23.0 Å². The fourth-order valence-corrected chi connectivity index (χ4v) is 2.21. The van der Waals surface area contributed by atoms with Crippen LogP contribution in [0.1, 0.15) is 5.56 Å². The summed E-state index contributed by atoms with van der Waals surface area (Å²) in [6, 6.07) is 4.27.